The molecule has 2 N–H and O–H groups in total. The van der Waals surface area contributed by atoms with Gasteiger partial charge in [0.1, 0.15) is 0 Å². The first-order valence-electron chi connectivity index (χ1n) is 12.2. The van der Waals surface area contributed by atoms with Gasteiger partial charge in [-0.1, -0.05) is 13.8 Å². The van der Waals surface area contributed by atoms with Crippen molar-refractivity contribution in [1.82, 2.24) is 20.2 Å². The van der Waals surface area contributed by atoms with Crippen molar-refractivity contribution in [2.75, 3.05) is 42.5 Å². The van der Waals surface area contributed by atoms with Crippen LogP contribution in [0.25, 0.3) is 0 Å². The molecule has 2 heterocycles. The topological polar surface area (TPSA) is 111 Å². The number of nitro groups is 1. The quantitative estimate of drug-likeness (QED) is 0.262. The molecular formula is C26H31N7O3S. The van der Waals surface area contributed by atoms with E-state index in [0.717, 1.165) is 54.9 Å². The van der Waals surface area contributed by atoms with E-state index >= 15 is 0 Å². The number of piperazine rings is 1. The van der Waals surface area contributed by atoms with E-state index in [1.807, 2.05) is 24.3 Å². The van der Waals surface area contributed by atoms with Crippen molar-refractivity contribution < 1.29 is 9.72 Å². The standard InChI is InChI=1S/C26H31N7O3S/c1-19(2)15-28-26(37)31-13-11-30(12-14-31)22-7-9-23(10-8-22)32(17-21-16-27-18-29-21)25(34)20-3-5-24(6-4-20)33(35)36/h3-10,16,18-19H,11-15,17H2,1-2H3,(H,27,29)(H,28,37). The van der Waals surface area contributed by atoms with E-state index in [0.29, 0.717) is 11.5 Å². The second-order valence-corrected chi connectivity index (χ2v) is 9.73. The number of carbonyl (C=O) groups excluding carboxylic acids is 1. The Morgan fingerprint density at radius 1 is 1.14 bits per heavy atom. The summed E-state index contributed by atoms with van der Waals surface area (Å²) < 4.78 is 0. The van der Waals surface area contributed by atoms with E-state index in [4.69, 9.17) is 12.2 Å². The number of hydrogen-bond donors (Lipinski definition) is 2. The van der Waals surface area contributed by atoms with Gasteiger partial charge in [0.05, 0.1) is 23.5 Å². The van der Waals surface area contributed by atoms with Crippen LogP contribution in [0.5, 0.6) is 0 Å². The highest BCUT2D eigenvalue weighted by atomic mass is 32.1. The predicted molar refractivity (Wildman–Crippen MR) is 148 cm³/mol. The second kappa shape index (κ2) is 11.8. The summed E-state index contributed by atoms with van der Waals surface area (Å²) in [7, 11) is 0. The summed E-state index contributed by atoms with van der Waals surface area (Å²) in [6, 6.07) is 13.5. The molecule has 0 atom stereocenters. The van der Waals surface area contributed by atoms with Crippen LogP contribution in [0.15, 0.2) is 61.1 Å². The van der Waals surface area contributed by atoms with Gasteiger partial charge in [-0.25, -0.2) is 4.98 Å². The fraction of sp³-hybridized carbons (Fsp3) is 0.346. The molecular weight excluding hydrogens is 490 g/mol. The smallest absolute Gasteiger partial charge is 0.269 e. The maximum absolute atomic E-state index is 13.4. The van der Waals surface area contributed by atoms with E-state index in [2.05, 4.69) is 38.9 Å². The molecule has 1 amide bonds. The number of nitrogens with zero attached hydrogens (tertiary/aromatic N) is 5. The molecule has 1 aliphatic heterocycles. The number of hydrogen-bond acceptors (Lipinski definition) is 6. The first kappa shape index (κ1) is 26.1. The summed E-state index contributed by atoms with van der Waals surface area (Å²) in [5.41, 5.74) is 2.88. The van der Waals surface area contributed by atoms with Gasteiger partial charge in [0.2, 0.25) is 0 Å². The van der Waals surface area contributed by atoms with Gasteiger partial charge in [-0.05, 0) is 54.5 Å². The minimum Gasteiger partial charge on any atom is -0.368 e. The highest BCUT2D eigenvalue weighted by molar-refractivity contribution is 7.80. The van der Waals surface area contributed by atoms with E-state index in [1.54, 1.807) is 17.4 Å². The molecule has 1 fully saturated rings. The summed E-state index contributed by atoms with van der Waals surface area (Å²) in [6.45, 7) is 8.86. The molecule has 3 aromatic rings. The number of nitrogens with one attached hydrogen (secondary N) is 2. The maximum atomic E-state index is 13.4. The van der Waals surface area contributed by atoms with E-state index < -0.39 is 4.92 Å². The van der Waals surface area contributed by atoms with Crippen LogP contribution in [0, 0.1) is 16.0 Å². The van der Waals surface area contributed by atoms with Gasteiger partial charge in [-0.2, -0.15) is 0 Å². The van der Waals surface area contributed by atoms with Crippen LogP contribution in [-0.4, -0.2) is 63.5 Å². The lowest BCUT2D eigenvalue weighted by molar-refractivity contribution is -0.384. The molecule has 4 rings (SSSR count). The number of anilines is 2. The van der Waals surface area contributed by atoms with Gasteiger partial charge in [0.25, 0.3) is 11.6 Å². The number of non-ortho nitro benzene ring substituents is 1. The predicted octanol–water partition coefficient (Wildman–Crippen LogP) is 3.82. The van der Waals surface area contributed by atoms with E-state index in [9.17, 15) is 14.9 Å². The zero-order valence-corrected chi connectivity index (χ0v) is 21.8. The van der Waals surface area contributed by atoms with Crippen molar-refractivity contribution in [2.45, 2.75) is 20.4 Å². The summed E-state index contributed by atoms with van der Waals surface area (Å²) in [4.78, 5) is 37.2. The lowest BCUT2D eigenvalue weighted by atomic mass is 10.1. The molecule has 0 aliphatic carbocycles. The van der Waals surface area contributed by atoms with Crippen LogP contribution in [0.2, 0.25) is 0 Å². The molecule has 10 nitrogen and oxygen atoms in total. The van der Waals surface area contributed by atoms with E-state index in [1.165, 1.54) is 24.3 Å². The minimum atomic E-state index is -0.481. The van der Waals surface area contributed by atoms with Gasteiger partial charge in [-0.3, -0.25) is 14.9 Å². The number of aromatic nitrogens is 2. The lowest BCUT2D eigenvalue weighted by Gasteiger charge is -2.37. The lowest BCUT2D eigenvalue weighted by Crippen LogP contribution is -2.52. The monoisotopic (exact) mass is 521 g/mol. The molecule has 2 aromatic carbocycles. The van der Waals surface area contributed by atoms with Crippen molar-refractivity contribution in [1.29, 1.82) is 0 Å². The molecule has 1 aliphatic rings. The Morgan fingerprint density at radius 2 is 1.81 bits per heavy atom. The van der Waals surface area contributed by atoms with Crippen LogP contribution < -0.4 is 15.1 Å². The zero-order valence-electron chi connectivity index (χ0n) is 21.0. The summed E-state index contributed by atoms with van der Waals surface area (Å²) in [5.74, 6) is 0.283. The number of aromatic amines is 1. The summed E-state index contributed by atoms with van der Waals surface area (Å²) in [5, 5.41) is 15.1. The number of benzene rings is 2. The van der Waals surface area contributed by atoms with Crippen molar-refractivity contribution >= 4 is 40.3 Å². The Bertz CT molecular complexity index is 1210. The van der Waals surface area contributed by atoms with Crippen LogP contribution in [0.4, 0.5) is 17.1 Å². The molecule has 11 heteroatoms. The third kappa shape index (κ3) is 6.62. The van der Waals surface area contributed by atoms with Crippen LogP contribution in [-0.2, 0) is 6.54 Å². The number of imidazole rings is 1. The highest BCUT2D eigenvalue weighted by Gasteiger charge is 2.22. The number of rotatable bonds is 8. The molecule has 0 spiro atoms. The molecule has 0 radical (unpaired) electrons. The fourth-order valence-electron chi connectivity index (χ4n) is 4.12. The Kier molecular flexibility index (Phi) is 8.34. The molecule has 0 unspecified atom stereocenters. The fourth-order valence-corrected chi connectivity index (χ4v) is 4.38. The van der Waals surface area contributed by atoms with Crippen LogP contribution in [0.3, 0.4) is 0 Å². The largest absolute Gasteiger partial charge is 0.368 e. The van der Waals surface area contributed by atoms with Gasteiger partial charge in [-0.15, -0.1) is 0 Å². The second-order valence-electron chi connectivity index (χ2n) is 9.34. The average Bonchev–Trinajstić information content (AvgIpc) is 3.44. The van der Waals surface area contributed by atoms with Crippen LogP contribution in [0.1, 0.15) is 29.9 Å². The number of H-pyrrole nitrogens is 1. The van der Waals surface area contributed by atoms with Crippen molar-refractivity contribution in [3.8, 4) is 0 Å². The third-order valence-electron chi connectivity index (χ3n) is 6.21. The Hall–Kier alpha value is -3.99. The summed E-state index contributed by atoms with van der Waals surface area (Å²) in [6.07, 6.45) is 3.24. The minimum absolute atomic E-state index is 0.0578. The Morgan fingerprint density at radius 3 is 2.38 bits per heavy atom. The van der Waals surface area contributed by atoms with Crippen molar-refractivity contribution in [3.63, 3.8) is 0 Å². The van der Waals surface area contributed by atoms with E-state index in [-0.39, 0.29) is 18.1 Å². The number of amides is 1. The SMILES string of the molecule is CC(C)CNC(=S)N1CCN(c2ccc(N(Cc3cnc[nH]3)C(=O)c3ccc([N+](=O)[O-])cc3)cc2)CC1. The molecule has 37 heavy (non-hydrogen) atoms. The van der Waals surface area contributed by atoms with Gasteiger partial charge >= 0.3 is 0 Å². The molecule has 1 saturated heterocycles. The Labute approximate surface area is 221 Å². The number of carbonyl (C=O) groups is 1. The Balaban J connectivity index is 1.46. The van der Waals surface area contributed by atoms with Crippen molar-refractivity contribution in [3.05, 3.63) is 82.4 Å². The van der Waals surface area contributed by atoms with Crippen LogP contribution >= 0.6 is 12.2 Å². The summed E-state index contributed by atoms with van der Waals surface area (Å²) >= 11 is 5.54. The highest BCUT2D eigenvalue weighted by Crippen LogP contribution is 2.25. The molecule has 0 bridgehead atoms. The van der Waals surface area contributed by atoms with Gasteiger partial charge in [0, 0.05) is 68.0 Å². The van der Waals surface area contributed by atoms with Gasteiger partial charge in [0.15, 0.2) is 5.11 Å². The normalized spacial score (nSPS) is 13.5. The third-order valence-corrected chi connectivity index (χ3v) is 6.61. The molecule has 0 saturated carbocycles. The first-order valence-corrected chi connectivity index (χ1v) is 12.6. The maximum Gasteiger partial charge on any atom is 0.269 e. The molecule has 194 valence electrons. The first-order chi connectivity index (χ1) is 17.8. The zero-order chi connectivity index (χ0) is 26.4. The molecule has 1 aromatic heterocycles. The average molecular weight is 522 g/mol. The van der Waals surface area contributed by atoms with Crippen molar-refractivity contribution in [2.24, 2.45) is 5.92 Å². The number of nitro benzene ring substituents is 1. The number of thiocarbonyl (C=S) groups is 1. The van der Waals surface area contributed by atoms with Gasteiger partial charge < -0.3 is 25.0 Å².